The summed E-state index contributed by atoms with van der Waals surface area (Å²) < 4.78 is 4.67. The second kappa shape index (κ2) is 8.05. The summed E-state index contributed by atoms with van der Waals surface area (Å²) in [6.45, 7) is 1.52. The molecule has 27 heavy (non-hydrogen) atoms. The third-order valence-corrected chi connectivity index (χ3v) is 3.68. The van der Waals surface area contributed by atoms with Gasteiger partial charge in [0, 0.05) is 16.9 Å². The number of anilines is 4. The van der Waals surface area contributed by atoms with Gasteiger partial charge in [-0.3, -0.25) is 4.79 Å². The van der Waals surface area contributed by atoms with Crippen LogP contribution in [0.15, 0.2) is 54.7 Å². The van der Waals surface area contributed by atoms with Crippen molar-refractivity contribution in [2.45, 2.75) is 6.92 Å². The number of carbonyl (C=O) groups is 2. The smallest absolute Gasteiger partial charge is 0.337 e. The number of Topliss-reactive ketones (excluding diaryl/α,β-unsaturated/α-hetero) is 1. The van der Waals surface area contributed by atoms with Crippen LogP contribution in [-0.2, 0) is 4.74 Å². The van der Waals surface area contributed by atoms with Crippen molar-refractivity contribution in [3.8, 4) is 0 Å². The van der Waals surface area contributed by atoms with Gasteiger partial charge in [-0.05, 0) is 55.5 Å². The third-order valence-electron chi connectivity index (χ3n) is 3.68. The summed E-state index contributed by atoms with van der Waals surface area (Å²) in [6, 6.07) is 13.8. The molecule has 1 aromatic heterocycles. The zero-order chi connectivity index (χ0) is 19.2. The van der Waals surface area contributed by atoms with Crippen LogP contribution in [-0.4, -0.2) is 34.0 Å². The fraction of sp³-hybridized carbons (Fsp3) is 0.105. The molecule has 3 rings (SSSR count). The maximum Gasteiger partial charge on any atom is 0.337 e. The Morgan fingerprint density at radius 1 is 0.889 bits per heavy atom. The molecule has 3 aromatic rings. The first kappa shape index (κ1) is 18.0. The molecule has 0 unspecified atom stereocenters. The molecule has 0 spiro atoms. The molecular formula is C19H17N5O3. The average Bonchev–Trinajstić information content (AvgIpc) is 2.68. The first-order valence-electron chi connectivity index (χ1n) is 8.08. The van der Waals surface area contributed by atoms with Crippen molar-refractivity contribution in [1.29, 1.82) is 0 Å². The maximum absolute atomic E-state index is 11.5. The molecule has 0 fully saturated rings. The van der Waals surface area contributed by atoms with E-state index in [1.807, 2.05) is 0 Å². The first-order chi connectivity index (χ1) is 13.0. The SMILES string of the molecule is COC(=O)c1ccc(Nc2nncc(Nc3ccc(C(C)=O)cc3)n2)cc1. The van der Waals surface area contributed by atoms with Crippen molar-refractivity contribution >= 4 is 34.9 Å². The van der Waals surface area contributed by atoms with Crippen LogP contribution in [0.3, 0.4) is 0 Å². The summed E-state index contributed by atoms with van der Waals surface area (Å²) in [7, 11) is 1.33. The van der Waals surface area contributed by atoms with E-state index in [1.165, 1.54) is 20.2 Å². The van der Waals surface area contributed by atoms with Crippen LogP contribution < -0.4 is 10.6 Å². The number of rotatable bonds is 6. The Bertz CT molecular complexity index is 956. The Labute approximate surface area is 155 Å². The summed E-state index contributed by atoms with van der Waals surface area (Å²) in [6.07, 6.45) is 1.49. The van der Waals surface area contributed by atoms with Crippen molar-refractivity contribution < 1.29 is 14.3 Å². The molecule has 0 radical (unpaired) electrons. The number of ether oxygens (including phenoxy) is 1. The number of nitrogens with zero attached hydrogens (tertiary/aromatic N) is 3. The van der Waals surface area contributed by atoms with Gasteiger partial charge in [-0.15, -0.1) is 5.10 Å². The average molecular weight is 363 g/mol. The molecule has 8 heteroatoms. The van der Waals surface area contributed by atoms with E-state index in [4.69, 9.17) is 0 Å². The van der Waals surface area contributed by atoms with Crippen LogP contribution in [0.2, 0.25) is 0 Å². The summed E-state index contributed by atoms with van der Waals surface area (Å²) in [5.41, 5.74) is 2.56. The minimum absolute atomic E-state index is 0.00922. The molecule has 2 N–H and O–H groups in total. The number of methoxy groups -OCH3 is 1. The van der Waals surface area contributed by atoms with Gasteiger partial charge in [0.05, 0.1) is 18.9 Å². The molecule has 1 heterocycles. The van der Waals surface area contributed by atoms with E-state index >= 15 is 0 Å². The van der Waals surface area contributed by atoms with E-state index in [-0.39, 0.29) is 5.78 Å². The highest BCUT2D eigenvalue weighted by Crippen LogP contribution is 2.18. The predicted octanol–water partition coefficient (Wildman–Crippen LogP) is 3.35. The molecule has 0 aliphatic rings. The summed E-state index contributed by atoms with van der Waals surface area (Å²) in [5, 5.41) is 14.0. The summed E-state index contributed by atoms with van der Waals surface area (Å²) in [5.74, 6) is 0.400. The van der Waals surface area contributed by atoms with Crippen LogP contribution in [0.5, 0.6) is 0 Å². The van der Waals surface area contributed by atoms with E-state index in [0.717, 1.165) is 5.69 Å². The molecule has 136 valence electrons. The number of benzene rings is 2. The van der Waals surface area contributed by atoms with Crippen LogP contribution in [0, 0.1) is 0 Å². The van der Waals surface area contributed by atoms with Crippen molar-refractivity contribution in [1.82, 2.24) is 15.2 Å². The van der Waals surface area contributed by atoms with Gasteiger partial charge in [-0.2, -0.15) is 10.1 Å². The van der Waals surface area contributed by atoms with Gasteiger partial charge >= 0.3 is 5.97 Å². The normalized spacial score (nSPS) is 10.1. The van der Waals surface area contributed by atoms with Crippen molar-refractivity contribution in [2.75, 3.05) is 17.7 Å². The van der Waals surface area contributed by atoms with Gasteiger partial charge in [0.1, 0.15) is 0 Å². The van der Waals surface area contributed by atoms with Crippen LogP contribution in [0.25, 0.3) is 0 Å². The second-order valence-corrected chi connectivity index (χ2v) is 5.62. The topological polar surface area (TPSA) is 106 Å². The van der Waals surface area contributed by atoms with Gasteiger partial charge in [-0.1, -0.05) is 0 Å². The highest BCUT2D eigenvalue weighted by Gasteiger charge is 2.06. The van der Waals surface area contributed by atoms with Crippen LogP contribution in [0.4, 0.5) is 23.1 Å². The molecule has 0 saturated heterocycles. The van der Waals surface area contributed by atoms with Crippen LogP contribution >= 0.6 is 0 Å². The number of esters is 1. The van der Waals surface area contributed by atoms with Gasteiger partial charge < -0.3 is 15.4 Å². The third kappa shape index (κ3) is 4.63. The molecule has 0 aliphatic heterocycles. The fourth-order valence-electron chi connectivity index (χ4n) is 2.29. The summed E-state index contributed by atoms with van der Waals surface area (Å²) in [4.78, 5) is 27.1. The van der Waals surface area contributed by atoms with Crippen molar-refractivity contribution in [3.05, 3.63) is 65.9 Å². The van der Waals surface area contributed by atoms with E-state index in [0.29, 0.717) is 28.6 Å². The van der Waals surface area contributed by atoms with Gasteiger partial charge in [-0.25, -0.2) is 4.79 Å². The zero-order valence-electron chi connectivity index (χ0n) is 14.8. The number of ketones is 1. The second-order valence-electron chi connectivity index (χ2n) is 5.62. The minimum atomic E-state index is -0.401. The number of hydrogen-bond donors (Lipinski definition) is 2. The highest BCUT2D eigenvalue weighted by atomic mass is 16.5. The Hall–Kier alpha value is -3.81. The Balaban J connectivity index is 1.70. The molecular weight excluding hydrogens is 346 g/mol. The van der Waals surface area contributed by atoms with Gasteiger partial charge in [0.2, 0.25) is 5.95 Å². The predicted molar refractivity (Wildman–Crippen MR) is 101 cm³/mol. The standard InChI is InChI=1S/C19H17N5O3/c1-12(25)13-3-7-15(8-4-13)21-17-11-20-24-19(23-17)22-16-9-5-14(6-10-16)18(26)27-2/h3-11H,1-2H3,(H2,21,22,23,24). The van der Waals surface area contributed by atoms with Crippen molar-refractivity contribution in [3.63, 3.8) is 0 Å². The van der Waals surface area contributed by atoms with E-state index in [2.05, 4.69) is 30.6 Å². The van der Waals surface area contributed by atoms with Crippen molar-refractivity contribution in [2.24, 2.45) is 0 Å². The molecule has 8 nitrogen and oxygen atoms in total. The molecule has 0 amide bonds. The fourth-order valence-corrected chi connectivity index (χ4v) is 2.29. The molecule has 0 atom stereocenters. The number of aromatic nitrogens is 3. The quantitative estimate of drug-likeness (QED) is 0.507. The van der Waals surface area contributed by atoms with E-state index in [9.17, 15) is 9.59 Å². The zero-order valence-corrected chi connectivity index (χ0v) is 14.8. The molecule has 0 saturated carbocycles. The Morgan fingerprint density at radius 2 is 1.48 bits per heavy atom. The summed E-state index contributed by atoms with van der Waals surface area (Å²) >= 11 is 0. The highest BCUT2D eigenvalue weighted by molar-refractivity contribution is 5.94. The lowest BCUT2D eigenvalue weighted by Crippen LogP contribution is -2.04. The largest absolute Gasteiger partial charge is 0.465 e. The molecule has 2 aromatic carbocycles. The van der Waals surface area contributed by atoms with Gasteiger partial charge in [0.25, 0.3) is 0 Å². The number of hydrogen-bond acceptors (Lipinski definition) is 8. The monoisotopic (exact) mass is 363 g/mol. The van der Waals surface area contributed by atoms with E-state index in [1.54, 1.807) is 48.5 Å². The first-order valence-corrected chi connectivity index (χ1v) is 8.08. The Kier molecular flexibility index (Phi) is 5.36. The minimum Gasteiger partial charge on any atom is -0.465 e. The lowest BCUT2D eigenvalue weighted by atomic mass is 10.1. The van der Waals surface area contributed by atoms with E-state index < -0.39 is 5.97 Å². The van der Waals surface area contributed by atoms with Gasteiger partial charge in [0.15, 0.2) is 11.6 Å². The number of nitrogens with one attached hydrogen (secondary N) is 2. The lowest BCUT2D eigenvalue weighted by Gasteiger charge is -2.08. The lowest BCUT2D eigenvalue weighted by molar-refractivity contribution is 0.0600. The number of carbonyl (C=O) groups excluding carboxylic acids is 2. The maximum atomic E-state index is 11.5. The Morgan fingerprint density at radius 3 is 2.07 bits per heavy atom. The molecule has 0 bridgehead atoms. The molecule has 0 aliphatic carbocycles. The van der Waals surface area contributed by atoms with Crippen LogP contribution in [0.1, 0.15) is 27.6 Å².